The topological polar surface area (TPSA) is 56.2 Å². The highest BCUT2D eigenvalue weighted by atomic mass is 79.9. The molecule has 3 aromatic rings. The minimum atomic E-state index is -0.448. The van der Waals surface area contributed by atoms with Crippen LogP contribution in [-0.2, 0) is 4.74 Å². The first-order valence-electron chi connectivity index (χ1n) is 9.96. The van der Waals surface area contributed by atoms with E-state index >= 15 is 0 Å². The molecule has 5 nitrogen and oxygen atoms in total. The normalized spacial score (nSPS) is 17.9. The van der Waals surface area contributed by atoms with Crippen LogP contribution in [0.4, 0.5) is 10.5 Å². The summed E-state index contributed by atoms with van der Waals surface area (Å²) in [5.41, 5.74) is 6.30. The van der Waals surface area contributed by atoms with Crippen LogP contribution >= 0.6 is 15.9 Å². The summed E-state index contributed by atoms with van der Waals surface area (Å²) in [6.07, 6.45) is 4.10. The molecule has 0 fully saturated rings. The van der Waals surface area contributed by atoms with Crippen molar-refractivity contribution in [1.29, 1.82) is 0 Å². The van der Waals surface area contributed by atoms with Crippen molar-refractivity contribution in [2.75, 3.05) is 5.32 Å². The fourth-order valence-electron chi connectivity index (χ4n) is 4.01. The molecule has 4 rings (SSSR count). The van der Waals surface area contributed by atoms with E-state index in [2.05, 4.69) is 53.3 Å². The summed E-state index contributed by atoms with van der Waals surface area (Å²) in [5.74, 6) is 0.174. The lowest BCUT2D eigenvalue weighted by atomic mass is 9.96. The van der Waals surface area contributed by atoms with Gasteiger partial charge in [-0.2, -0.15) is 5.10 Å². The molecular weight excluding hydrogens is 442 g/mol. The smallest absolute Gasteiger partial charge is 0.412 e. The first-order valence-corrected chi connectivity index (χ1v) is 10.8. The van der Waals surface area contributed by atoms with E-state index < -0.39 is 6.09 Å². The summed E-state index contributed by atoms with van der Waals surface area (Å²) in [6, 6.07) is 15.6. The molecule has 0 aliphatic heterocycles. The molecule has 0 bridgehead atoms. The molecule has 0 spiro atoms. The third-order valence-corrected chi connectivity index (χ3v) is 5.98. The fraction of sp³-hybridized carbons (Fsp3) is 0.250. The predicted molar refractivity (Wildman–Crippen MR) is 122 cm³/mol. The largest absolute Gasteiger partial charge is 0.442 e. The number of rotatable bonds is 4. The van der Waals surface area contributed by atoms with Gasteiger partial charge in [-0.05, 0) is 69.2 Å². The quantitative estimate of drug-likeness (QED) is 0.465. The van der Waals surface area contributed by atoms with Crippen LogP contribution in [0.1, 0.15) is 34.9 Å². The maximum absolute atomic E-state index is 12.3. The van der Waals surface area contributed by atoms with Gasteiger partial charge in [0, 0.05) is 27.3 Å². The van der Waals surface area contributed by atoms with E-state index in [0.29, 0.717) is 5.69 Å². The van der Waals surface area contributed by atoms with Crippen molar-refractivity contribution in [3.63, 3.8) is 0 Å². The van der Waals surface area contributed by atoms with Gasteiger partial charge in [0.2, 0.25) is 0 Å². The number of allylic oxidation sites excluding steroid dienone is 1. The average Bonchev–Trinajstić information content (AvgIpc) is 3.27. The van der Waals surface area contributed by atoms with Crippen LogP contribution in [0.5, 0.6) is 0 Å². The Kier molecular flexibility index (Phi) is 5.77. The van der Waals surface area contributed by atoms with Crippen molar-refractivity contribution in [3.8, 4) is 5.69 Å². The first kappa shape index (κ1) is 20.4. The standard InChI is InChI=1S/C24H24BrN3O2/c1-15-6-4-5-7-22(15)28-17(3)23(16(2)27-28)18-8-13-21(14-18)30-24(29)26-20-11-9-19(25)10-12-20/h4-13,18,21H,14H2,1-3H3,(H,26,29)/t18-,21-/m1/s1. The first-order chi connectivity index (χ1) is 14.4. The van der Waals surface area contributed by atoms with Crippen LogP contribution in [0.3, 0.4) is 0 Å². The molecule has 0 saturated heterocycles. The van der Waals surface area contributed by atoms with Crippen molar-refractivity contribution in [2.45, 2.75) is 39.2 Å². The van der Waals surface area contributed by atoms with Gasteiger partial charge in [-0.3, -0.25) is 5.32 Å². The van der Waals surface area contributed by atoms with Gasteiger partial charge in [0.15, 0.2) is 0 Å². The van der Waals surface area contributed by atoms with Gasteiger partial charge in [0.05, 0.1) is 11.4 Å². The number of anilines is 1. The summed E-state index contributed by atoms with van der Waals surface area (Å²) in [7, 11) is 0. The highest BCUT2D eigenvalue weighted by molar-refractivity contribution is 9.10. The van der Waals surface area contributed by atoms with Gasteiger partial charge in [-0.25, -0.2) is 9.48 Å². The van der Waals surface area contributed by atoms with Crippen LogP contribution in [0.2, 0.25) is 0 Å². The number of carbonyl (C=O) groups is 1. The van der Waals surface area contributed by atoms with E-state index in [0.717, 1.165) is 28.0 Å². The lowest BCUT2D eigenvalue weighted by Crippen LogP contribution is -2.20. The Morgan fingerprint density at radius 3 is 2.57 bits per heavy atom. The van der Waals surface area contributed by atoms with Crippen molar-refractivity contribution in [3.05, 3.63) is 87.7 Å². The molecule has 1 aliphatic carbocycles. The Balaban J connectivity index is 1.45. The van der Waals surface area contributed by atoms with Gasteiger partial charge in [-0.15, -0.1) is 0 Å². The number of para-hydroxylation sites is 1. The second-order valence-corrected chi connectivity index (χ2v) is 8.50. The Morgan fingerprint density at radius 2 is 1.83 bits per heavy atom. The van der Waals surface area contributed by atoms with Crippen LogP contribution in [0.25, 0.3) is 5.69 Å². The predicted octanol–water partition coefficient (Wildman–Crippen LogP) is 6.22. The molecular formula is C24H24BrN3O2. The number of aromatic nitrogens is 2. The molecule has 1 aromatic heterocycles. The van der Waals surface area contributed by atoms with Gasteiger partial charge >= 0.3 is 6.09 Å². The highest BCUT2D eigenvalue weighted by Gasteiger charge is 2.28. The number of aryl methyl sites for hydroxylation is 2. The molecule has 1 N–H and O–H groups in total. The zero-order valence-corrected chi connectivity index (χ0v) is 18.8. The van der Waals surface area contributed by atoms with Crippen molar-refractivity contribution >= 4 is 27.7 Å². The van der Waals surface area contributed by atoms with Crippen molar-refractivity contribution < 1.29 is 9.53 Å². The van der Waals surface area contributed by atoms with Crippen LogP contribution in [0.15, 0.2) is 65.2 Å². The molecule has 1 amide bonds. The second-order valence-electron chi connectivity index (χ2n) is 7.59. The Hall–Kier alpha value is -2.86. The minimum absolute atomic E-state index is 0.174. The number of nitrogens with one attached hydrogen (secondary N) is 1. The number of halogens is 1. The molecule has 0 radical (unpaired) electrons. The average molecular weight is 466 g/mol. The van der Waals surface area contributed by atoms with Crippen molar-refractivity contribution in [2.24, 2.45) is 0 Å². The lowest BCUT2D eigenvalue weighted by Gasteiger charge is -2.15. The summed E-state index contributed by atoms with van der Waals surface area (Å²) in [5, 5.41) is 7.57. The number of nitrogens with zero attached hydrogens (tertiary/aromatic N) is 2. The molecule has 6 heteroatoms. The molecule has 154 valence electrons. The van der Waals surface area contributed by atoms with E-state index in [1.54, 1.807) is 0 Å². The van der Waals surface area contributed by atoms with E-state index in [1.807, 2.05) is 54.1 Å². The Morgan fingerprint density at radius 1 is 1.10 bits per heavy atom. The van der Waals surface area contributed by atoms with Crippen LogP contribution < -0.4 is 5.32 Å². The number of carbonyl (C=O) groups excluding carboxylic acids is 1. The zero-order valence-electron chi connectivity index (χ0n) is 17.2. The van der Waals surface area contributed by atoms with Crippen molar-refractivity contribution in [1.82, 2.24) is 9.78 Å². The third kappa shape index (κ3) is 4.19. The maximum atomic E-state index is 12.3. The number of ether oxygens (including phenoxy) is 1. The SMILES string of the molecule is Cc1ccccc1-n1nc(C)c([C@@H]2C=C[C@@H](OC(=O)Nc3ccc(Br)cc3)C2)c1C. The Labute approximate surface area is 184 Å². The number of hydrogen-bond donors (Lipinski definition) is 1. The van der Waals surface area contributed by atoms with Crippen LogP contribution in [0, 0.1) is 20.8 Å². The lowest BCUT2D eigenvalue weighted by molar-refractivity contribution is 0.132. The number of amides is 1. The van der Waals surface area contributed by atoms with E-state index in [4.69, 9.17) is 9.84 Å². The molecule has 1 aliphatic rings. The monoisotopic (exact) mass is 465 g/mol. The number of hydrogen-bond acceptors (Lipinski definition) is 3. The number of benzene rings is 2. The minimum Gasteiger partial charge on any atom is -0.442 e. The third-order valence-electron chi connectivity index (χ3n) is 5.46. The van der Waals surface area contributed by atoms with Gasteiger partial charge < -0.3 is 4.74 Å². The van der Waals surface area contributed by atoms with E-state index in [-0.39, 0.29) is 12.0 Å². The van der Waals surface area contributed by atoms with Crippen LogP contribution in [-0.4, -0.2) is 22.0 Å². The summed E-state index contributed by atoms with van der Waals surface area (Å²) in [4.78, 5) is 12.3. The van der Waals surface area contributed by atoms with Gasteiger partial charge in [0.1, 0.15) is 6.10 Å². The molecule has 2 aromatic carbocycles. The zero-order chi connectivity index (χ0) is 21.3. The maximum Gasteiger partial charge on any atom is 0.412 e. The fourth-order valence-corrected chi connectivity index (χ4v) is 4.28. The Bertz CT molecular complexity index is 1100. The second kappa shape index (κ2) is 8.48. The molecule has 2 atom stereocenters. The molecule has 1 heterocycles. The van der Waals surface area contributed by atoms with E-state index in [1.165, 1.54) is 11.1 Å². The summed E-state index contributed by atoms with van der Waals surface area (Å²) in [6.45, 7) is 6.23. The van der Waals surface area contributed by atoms with Gasteiger partial charge in [0.25, 0.3) is 0 Å². The molecule has 0 unspecified atom stereocenters. The molecule has 30 heavy (non-hydrogen) atoms. The van der Waals surface area contributed by atoms with E-state index in [9.17, 15) is 4.79 Å². The summed E-state index contributed by atoms with van der Waals surface area (Å²) >= 11 is 3.38. The highest BCUT2D eigenvalue weighted by Crippen LogP contribution is 2.35. The summed E-state index contributed by atoms with van der Waals surface area (Å²) < 4.78 is 8.59. The van der Waals surface area contributed by atoms with Gasteiger partial charge in [-0.1, -0.05) is 40.2 Å². The molecule has 0 saturated carbocycles.